The van der Waals surface area contributed by atoms with Crippen molar-refractivity contribution in [3.05, 3.63) is 121 Å². The number of hydrogen-bond acceptors (Lipinski definition) is 9. The van der Waals surface area contributed by atoms with Crippen LogP contribution in [0.4, 0.5) is 0 Å². The maximum Gasteiger partial charge on any atom is 0.269 e. The molecule has 308 valence electrons. The molecular formula is C42H47Br3N6O5S2. The number of aromatic nitrogens is 2. The molecule has 4 heterocycles. The summed E-state index contributed by atoms with van der Waals surface area (Å²) in [7, 11) is -5.89. The third-order valence-corrected chi connectivity index (χ3v) is 15.9. The number of rotatable bonds is 9. The number of ether oxygens (including phenoxy) is 1. The highest BCUT2D eigenvalue weighted by molar-refractivity contribution is 9.11. The van der Waals surface area contributed by atoms with Crippen LogP contribution in [-0.4, -0.2) is 94.0 Å². The van der Waals surface area contributed by atoms with Gasteiger partial charge in [-0.25, -0.2) is 24.8 Å². The molecule has 2 aliphatic heterocycles. The van der Waals surface area contributed by atoms with E-state index in [9.17, 15) is 16.8 Å². The maximum absolute atomic E-state index is 13.6. The number of nitrogens with zero attached hydrogens (tertiary/aromatic N) is 4. The molecule has 58 heavy (non-hydrogen) atoms. The molecule has 0 amide bonds. The molecule has 2 N–H and O–H groups in total. The molecule has 0 spiro atoms. The molecule has 6 aromatic rings. The Morgan fingerprint density at radius 3 is 1.64 bits per heavy atom. The van der Waals surface area contributed by atoms with Gasteiger partial charge in [0.05, 0.1) is 23.0 Å². The lowest BCUT2D eigenvalue weighted by Gasteiger charge is -2.18. The molecule has 0 saturated carbocycles. The second-order valence-corrected chi connectivity index (χ2v) is 20.9. The smallest absolute Gasteiger partial charge is 0.269 e. The number of hydrogen-bond donors (Lipinski definition) is 2. The minimum Gasteiger partial charge on any atom is -0.497 e. The van der Waals surface area contributed by atoms with Crippen molar-refractivity contribution in [2.75, 3.05) is 59.5 Å². The summed E-state index contributed by atoms with van der Waals surface area (Å²) in [5.74, 6) is 0.595. The normalized spacial score (nSPS) is 16.2. The van der Waals surface area contributed by atoms with Crippen LogP contribution < -0.4 is 15.4 Å². The van der Waals surface area contributed by atoms with Crippen LogP contribution in [0.25, 0.3) is 21.8 Å². The molecule has 0 unspecified atom stereocenters. The third kappa shape index (κ3) is 9.60. The Labute approximate surface area is 366 Å². The van der Waals surface area contributed by atoms with Crippen molar-refractivity contribution < 1.29 is 21.6 Å². The zero-order chi connectivity index (χ0) is 41.0. The van der Waals surface area contributed by atoms with Crippen LogP contribution in [0.5, 0.6) is 5.75 Å². The third-order valence-electron chi connectivity index (χ3n) is 10.5. The Balaban J connectivity index is 0.000000177. The Morgan fingerprint density at radius 2 is 1.14 bits per heavy atom. The quantitative estimate of drug-likeness (QED) is 0.149. The lowest BCUT2D eigenvalue weighted by Crippen LogP contribution is -2.27. The molecule has 0 atom stereocenters. The van der Waals surface area contributed by atoms with Crippen LogP contribution in [0.2, 0.25) is 0 Å². The molecule has 4 aromatic carbocycles. The highest BCUT2D eigenvalue weighted by atomic mass is 79.9. The monoisotopic (exact) mass is 1020 g/mol. The molecule has 2 aliphatic rings. The topological polar surface area (TPSA) is 118 Å². The van der Waals surface area contributed by atoms with Crippen molar-refractivity contribution in [3.8, 4) is 5.75 Å². The fourth-order valence-corrected chi connectivity index (χ4v) is 12.0. The van der Waals surface area contributed by atoms with Gasteiger partial charge in [-0.05, 0) is 140 Å². The Hall–Kier alpha value is -3.06. The van der Waals surface area contributed by atoms with Crippen molar-refractivity contribution >= 4 is 89.6 Å². The molecule has 2 fully saturated rings. The zero-order valence-corrected chi connectivity index (χ0v) is 38.8. The average Bonchev–Trinajstić information content (AvgIpc) is 3.45. The first-order valence-electron chi connectivity index (χ1n) is 19.2. The summed E-state index contributed by atoms with van der Waals surface area (Å²) in [6.45, 7) is 11.3. The fraction of sp³-hybridized carbons (Fsp3) is 0.333. The van der Waals surface area contributed by atoms with Crippen molar-refractivity contribution in [2.24, 2.45) is 0 Å². The highest BCUT2D eigenvalue weighted by Gasteiger charge is 2.26. The summed E-state index contributed by atoms with van der Waals surface area (Å²) in [6, 6.07) is 23.4. The summed E-state index contributed by atoms with van der Waals surface area (Å²) in [4.78, 5) is 5.27. The Kier molecular flexibility index (Phi) is 13.9. The predicted molar refractivity (Wildman–Crippen MR) is 242 cm³/mol. The van der Waals surface area contributed by atoms with Crippen LogP contribution in [0.15, 0.2) is 114 Å². The van der Waals surface area contributed by atoms with E-state index in [-0.39, 0.29) is 4.90 Å². The Bertz CT molecular complexity index is 2620. The molecule has 16 heteroatoms. The first-order chi connectivity index (χ1) is 27.8. The second-order valence-electron chi connectivity index (χ2n) is 14.6. The van der Waals surface area contributed by atoms with Gasteiger partial charge in [0.1, 0.15) is 10.6 Å². The van der Waals surface area contributed by atoms with E-state index >= 15 is 0 Å². The second kappa shape index (κ2) is 18.7. The van der Waals surface area contributed by atoms with Crippen LogP contribution in [0.3, 0.4) is 0 Å². The molecule has 2 aromatic heterocycles. The molecule has 0 bridgehead atoms. The van der Waals surface area contributed by atoms with Gasteiger partial charge in [-0.2, -0.15) is 0 Å². The molecule has 2 saturated heterocycles. The van der Waals surface area contributed by atoms with Crippen LogP contribution in [-0.2, 0) is 33.1 Å². The van der Waals surface area contributed by atoms with Gasteiger partial charge in [-0.15, -0.1) is 0 Å². The fourth-order valence-electron chi connectivity index (χ4n) is 7.48. The summed E-state index contributed by atoms with van der Waals surface area (Å²) >= 11 is 10.5. The van der Waals surface area contributed by atoms with Crippen LogP contribution in [0, 0.1) is 6.92 Å². The van der Waals surface area contributed by atoms with Gasteiger partial charge in [0, 0.05) is 75.9 Å². The van der Waals surface area contributed by atoms with Gasteiger partial charge in [-0.1, -0.05) is 49.6 Å². The lowest BCUT2D eigenvalue weighted by molar-refractivity contribution is 0.285. The van der Waals surface area contributed by atoms with E-state index in [0.717, 1.165) is 108 Å². The largest absolute Gasteiger partial charge is 0.497 e. The van der Waals surface area contributed by atoms with Crippen molar-refractivity contribution in [1.29, 1.82) is 0 Å². The zero-order valence-electron chi connectivity index (χ0n) is 32.4. The van der Waals surface area contributed by atoms with E-state index in [2.05, 4.69) is 68.2 Å². The van der Waals surface area contributed by atoms with Crippen molar-refractivity contribution in [3.63, 3.8) is 0 Å². The number of nitrogens with one attached hydrogen (secondary N) is 2. The average molecular weight is 1020 g/mol. The van der Waals surface area contributed by atoms with Gasteiger partial charge in [0.25, 0.3) is 20.0 Å². The van der Waals surface area contributed by atoms with Gasteiger partial charge < -0.3 is 15.4 Å². The van der Waals surface area contributed by atoms with Gasteiger partial charge >= 0.3 is 0 Å². The van der Waals surface area contributed by atoms with Crippen molar-refractivity contribution in [2.45, 2.75) is 42.6 Å². The van der Waals surface area contributed by atoms with E-state index in [4.69, 9.17) is 4.74 Å². The predicted octanol–water partition coefficient (Wildman–Crippen LogP) is 7.95. The summed E-state index contributed by atoms with van der Waals surface area (Å²) in [5.41, 5.74) is 4.46. The minimum absolute atomic E-state index is 0.202. The van der Waals surface area contributed by atoms with Gasteiger partial charge in [0.15, 0.2) is 0 Å². The van der Waals surface area contributed by atoms with E-state index in [0.29, 0.717) is 32.7 Å². The van der Waals surface area contributed by atoms with Crippen molar-refractivity contribution in [1.82, 2.24) is 28.4 Å². The minimum atomic E-state index is -3.79. The number of halogens is 3. The first-order valence-corrected chi connectivity index (χ1v) is 24.5. The molecule has 0 radical (unpaired) electrons. The molecular weight excluding hydrogens is 972 g/mol. The van der Waals surface area contributed by atoms with Crippen LogP contribution >= 0.6 is 47.8 Å². The number of methoxy groups -OCH3 is 1. The van der Waals surface area contributed by atoms with E-state index in [1.165, 1.54) is 7.94 Å². The summed E-state index contributed by atoms with van der Waals surface area (Å²) < 4.78 is 64.2. The standard InChI is InChI=1S/C21H23Br2N3O3S.C21H24BrN3O2S/c1-29-17-4-6-21(19(23)12-17)30(27,28)26-14-15(13-25-9-2-7-24-8-10-25)18-11-16(22)3-5-20(18)26;1-16-3-6-19(7-4-16)28(26,27)25-15-17(14-24-11-2-9-23-10-12-24)20-13-18(22)5-8-21(20)25/h3-6,11-12,14,24H,2,7-10,13H2,1H3;3-8,13,15,23H,2,9-12,14H2,1H3. The number of aryl methyl sites for hydroxylation is 1. The van der Waals surface area contributed by atoms with E-state index in [1.807, 2.05) is 55.5 Å². The highest BCUT2D eigenvalue weighted by Crippen LogP contribution is 2.34. The number of benzene rings is 4. The maximum atomic E-state index is 13.6. The molecule has 11 nitrogen and oxygen atoms in total. The summed E-state index contributed by atoms with van der Waals surface area (Å²) in [6.07, 6.45) is 5.75. The lowest BCUT2D eigenvalue weighted by atomic mass is 10.1. The first kappa shape index (κ1) is 43.0. The summed E-state index contributed by atoms with van der Waals surface area (Å²) in [5, 5.41) is 8.74. The molecule has 8 rings (SSSR count). The SMILES string of the molecule is COc1ccc(S(=O)(=O)n2cc(CN3CCCNCC3)c3cc(Br)ccc32)c(Br)c1.Cc1ccc(S(=O)(=O)n2cc(CN3CCCNCC3)c3cc(Br)ccc32)cc1. The number of fused-ring (bicyclic) bond motifs is 2. The van der Waals surface area contributed by atoms with E-state index < -0.39 is 20.0 Å². The Morgan fingerprint density at radius 1 is 0.621 bits per heavy atom. The molecule has 0 aliphatic carbocycles. The van der Waals surface area contributed by atoms with Crippen LogP contribution in [0.1, 0.15) is 29.5 Å². The van der Waals surface area contributed by atoms with Gasteiger partial charge in [-0.3, -0.25) is 9.80 Å². The van der Waals surface area contributed by atoms with E-state index in [1.54, 1.807) is 49.8 Å². The van der Waals surface area contributed by atoms with Gasteiger partial charge in [0.2, 0.25) is 0 Å².